The van der Waals surface area contributed by atoms with Gasteiger partial charge < -0.3 is 10.1 Å². The first-order valence-corrected chi connectivity index (χ1v) is 12.8. The number of rotatable bonds is 9. The second-order valence-corrected chi connectivity index (χ2v) is 10.6. The Kier molecular flexibility index (Phi) is 6.99. The Morgan fingerprint density at radius 3 is 2.50 bits per heavy atom. The average Bonchev–Trinajstić information content (AvgIpc) is 3.50. The molecule has 176 valence electrons. The molecule has 4 rings (SSSR count). The molecule has 0 saturated heterocycles. The van der Waals surface area contributed by atoms with E-state index in [1.807, 2.05) is 24.4 Å². The number of thiophene rings is 1. The average molecular weight is 497 g/mol. The fourth-order valence-electron chi connectivity index (χ4n) is 3.20. The summed E-state index contributed by atoms with van der Waals surface area (Å²) in [5, 5.41) is 9.04. The fraction of sp³-hybridized carbons (Fsp3) is 0.167. The van der Waals surface area contributed by atoms with Crippen molar-refractivity contribution in [2.24, 2.45) is 0 Å². The molecule has 0 unspecified atom stereocenters. The number of anilines is 2. The molecule has 2 aromatic carbocycles. The van der Waals surface area contributed by atoms with Crippen molar-refractivity contribution in [1.29, 1.82) is 0 Å². The molecule has 8 nitrogen and oxygen atoms in total. The number of nitrogens with one attached hydrogen (secondary N) is 1. The van der Waals surface area contributed by atoms with E-state index in [1.54, 1.807) is 76.8 Å². The van der Waals surface area contributed by atoms with Gasteiger partial charge in [0.05, 0.1) is 23.3 Å². The standard InChI is InChI=1S/C24H24N4O4S2/c1-18-5-11-22(12-6-18)34(30,31)27(2)19-7-9-20(10-8-19)32-17-24(29)26-23-13-14-25-28(23)16-21-4-3-15-33-21/h3-15H,16-17H2,1-2H3,(H,26,29). The second-order valence-electron chi connectivity index (χ2n) is 7.57. The lowest BCUT2D eigenvalue weighted by atomic mass is 10.2. The quantitative estimate of drug-likeness (QED) is 0.376. The Labute approximate surface area is 202 Å². The van der Waals surface area contributed by atoms with Crippen molar-refractivity contribution in [3.8, 4) is 5.75 Å². The number of ether oxygens (including phenoxy) is 1. The number of hydrogen-bond acceptors (Lipinski definition) is 6. The molecule has 0 bridgehead atoms. The highest BCUT2D eigenvalue weighted by Crippen LogP contribution is 2.24. The van der Waals surface area contributed by atoms with Crippen molar-refractivity contribution in [3.63, 3.8) is 0 Å². The highest BCUT2D eigenvalue weighted by Gasteiger charge is 2.21. The Hall–Kier alpha value is -3.63. The Morgan fingerprint density at radius 1 is 1.09 bits per heavy atom. The number of benzene rings is 2. The van der Waals surface area contributed by atoms with Crippen LogP contribution in [0.1, 0.15) is 10.4 Å². The molecule has 0 aliphatic heterocycles. The first kappa shape index (κ1) is 23.5. The molecule has 1 amide bonds. The van der Waals surface area contributed by atoms with Crippen molar-refractivity contribution in [1.82, 2.24) is 9.78 Å². The van der Waals surface area contributed by atoms with E-state index in [0.717, 1.165) is 10.4 Å². The van der Waals surface area contributed by atoms with E-state index in [-0.39, 0.29) is 17.4 Å². The SMILES string of the molecule is Cc1ccc(S(=O)(=O)N(C)c2ccc(OCC(=O)Nc3ccnn3Cc3cccs3)cc2)cc1. The van der Waals surface area contributed by atoms with Crippen LogP contribution in [-0.4, -0.2) is 37.8 Å². The van der Waals surface area contributed by atoms with Crippen molar-refractivity contribution < 1.29 is 17.9 Å². The molecule has 0 fully saturated rings. The van der Waals surface area contributed by atoms with Crippen LogP contribution in [0.5, 0.6) is 5.75 Å². The Morgan fingerprint density at radius 2 is 1.82 bits per heavy atom. The normalized spacial score (nSPS) is 11.2. The predicted molar refractivity (Wildman–Crippen MR) is 133 cm³/mol. The molecule has 2 heterocycles. The molecule has 34 heavy (non-hydrogen) atoms. The van der Waals surface area contributed by atoms with E-state index in [2.05, 4.69) is 10.4 Å². The largest absolute Gasteiger partial charge is 0.484 e. The number of nitrogens with zero attached hydrogens (tertiary/aromatic N) is 3. The lowest BCUT2D eigenvalue weighted by Gasteiger charge is -2.20. The number of aryl methyl sites for hydroxylation is 1. The van der Waals surface area contributed by atoms with E-state index in [9.17, 15) is 13.2 Å². The van der Waals surface area contributed by atoms with E-state index in [0.29, 0.717) is 23.8 Å². The molecule has 2 aromatic heterocycles. The van der Waals surface area contributed by atoms with E-state index in [4.69, 9.17) is 4.74 Å². The highest BCUT2D eigenvalue weighted by atomic mass is 32.2. The summed E-state index contributed by atoms with van der Waals surface area (Å²) in [5.74, 6) is 0.712. The van der Waals surface area contributed by atoms with Gasteiger partial charge in [-0.3, -0.25) is 9.10 Å². The summed E-state index contributed by atoms with van der Waals surface area (Å²) >= 11 is 1.62. The van der Waals surface area contributed by atoms with Gasteiger partial charge in [-0.2, -0.15) is 5.10 Å². The minimum Gasteiger partial charge on any atom is -0.484 e. The molecule has 0 radical (unpaired) electrons. The van der Waals surface area contributed by atoms with Crippen LogP contribution in [0, 0.1) is 6.92 Å². The van der Waals surface area contributed by atoms with Crippen molar-refractivity contribution in [3.05, 3.63) is 88.7 Å². The number of carbonyl (C=O) groups is 1. The first-order valence-electron chi connectivity index (χ1n) is 10.5. The van der Waals surface area contributed by atoms with Gasteiger partial charge >= 0.3 is 0 Å². The molecule has 0 saturated carbocycles. The zero-order valence-electron chi connectivity index (χ0n) is 18.7. The number of aromatic nitrogens is 2. The summed E-state index contributed by atoms with van der Waals surface area (Å²) in [7, 11) is -2.18. The van der Waals surface area contributed by atoms with Crippen LogP contribution in [0.15, 0.2) is 83.2 Å². The maximum Gasteiger partial charge on any atom is 0.264 e. The van der Waals surface area contributed by atoms with E-state index in [1.165, 1.54) is 11.4 Å². The number of carbonyl (C=O) groups excluding carboxylic acids is 1. The van der Waals surface area contributed by atoms with Gasteiger partial charge in [-0.1, -0.05) is 23.8 Å². The number of sulfonamides is 1. The maximum atomic E-state index is 12.9. The van der Waals surface area contributed by atoms with Crippen LogP contribution in [0.2, 0.25) is 0 Å². The van der Waals surface area contributed by atoms with Crippen molar-refractivity contribution >= 4 is 38.8 Å². The van der Waals surface area contributed by atoms with Gasteiger partial charge in [0.25, 0.3) is 15.9 Å². The molecule has 0 aliphatic carbocycles. The Balaban J connectivity index is 1.34. The summed E-state index contributed by atoms with van der Waals surface area (Å²) in [6.07, 6.45) is 1.63. The van der Waals surface area contributed by atoms with Gasteiger partial charge in [-0.05, 0) is 54.8 Å². The minimum atomic E-state index is -3.68. The van der Waals surface area contributed by atoms with Gasteiger partial charge in [0.2, 0.25) is 0 Å². The summed E-state index contributed by atoms with van der Waals surface area (Å²) in [4.78, 5) is 13.7. The lowest BCUT2D eigenvalue weighted by molar-refractivity contribution is -0.118. The lowest BCUT2D eigenvalue weighted by Crippen LogP contribution is -2.26. The van der Waals surface area contributed by atoms with Gasteiger partial charge in [0, 0.05) is 18.0 Å². The summed E-state index contributed by atoms with van der Waals surface area (Å²) < 4.78 is 34.2. The molecule has 0 spiro atoms. The minimum absolute atomic E-state index is 0.193. The van der Waals surface area contributed by atoms with Crippen LogP contribution < -0.4 is 14.4 Å². The summed E-state index contributed by atoms with van der Waals surface area (Å²) in [6.45, 7) is 2.28. The van der Waals surface area contributed by atoms with E-state index >= 15 is 0 Å². The molecule has 1 N–H and O–H groups in total. The van der Waals surface area contributed by atoms with Gasteiger partial charge in [0.15, 0.2) is 6.61 Å². The molecule has 0 atom stereocenters. The third-order valence-corrected chi connectivity index (χ3v) is 7.78. The smallest absolute Gasteiger partial charge is 0.264 e. The third kappa shape index (κ3) is 5.46. The van der Waals surface area contributed by atoms with Crippen LogP contribution in [-0.2, 0) is 21.4 Å². The van der Waals surface area contributed by atoms with Crippen molar-refractivity contribution in [2.45, 2.75) is 18.4 Å². The zero-order chi connectivity index (χ0) is 24.1. The number of hydrogen-bond donors (Lipinski definition) is 1. The molecule has 0 aliphatic rings. The van der Waals surface area contributed by atoms with Crippen molar-refractivity contribution in [2.75, 3.05) is 23.3 Å². The second kappa shape index (κ2) is 10.1. The first-order chi connectivity index (χ1) is 16.3. The van der Waals surface area contributed by atoms with Crippen LogP contribution in [0.4, 0.5) is 11.5 Å². The molecular weight excluding hydrogens is 472 g/mol. The number of amides is 1. The van der Waals surface area contributed by atoms with Crippen LogP contribution in [0.3, 0.4) is 0 Å². The predicted octanol–water partition coefficient (Wildman–Crippen LogP) is 4.14. The van der Waals surface area contributed by atoms with Gasteiger partial charge in [-0.25, -0.2) is 13.1 Å². The third-order valence-electron chi connectivity index (χ3n) is 5.12. The molecule has 4 aromatic rings. The maximum absolute atomic E-state index is 12.9. The fourth-order valence-corrected chi connectivity index (χ4v) is 5.08. The molecule has 10 heteroatoms. The van der Waals surface area contributed by atoms with Crippen LogP contribution in [0.25, 0.3) is 0 Å². The van der Waals surface area contributed by atoms with Gasteiger partial charge in [0.1, 0.15) is 11.6 Å². The van der Waals surface area contributed by atoms with Gasteiger partial charge in [-0.15, -0.1) is 11.3 Å². The Bertz CT molecular complexity index is 1350. The molecular formula is C24H24N4O4S2. The van der Waals surface area contributed by atoms with Crippen LogP contribution >= 0.6 is 11.3 Å². The monoisotopic (exact) mass is 496 g/mol. The topological polar surface area (TPSA) is 93.5 Å². The summed E-state index contributed by atoms with van der Waals surface area (Å²) in [5.41, 5.74) is 1.47. The summed E-state index contributed by atoms with van der Waals surface area (Å²) in [6, 6.07) is 18.9. The highest BCUT2D eigenvalue weighted by molar-refractivity contribution is 7.92. The van der Waals surface area contributed by atoms with E-state index < -0.39 is 10.0 Å². The zero-order valence-corrected chi connectivity index (χ0v) is 20.3.